The molecule has 0 saturated carbocycles. The highest BCUT2D eigenvalue weighted by molar-refractivity contribution is 5.98. The number of hydrogen-bond donors (Lipinski definition) is 3. The van der Waals surface area contributed by atoms with Crippen LogP contribution in [0.25, 0.3) is 5.57 Å². The highest BCUT2D eigenvalue weighted by atomic mass is 19.1. The van der Waals surface area contributed by atoms with Crippen LogP contribution in [0.2, 0.25) is 0 Å². The molecule has 1 unspecified atom stereocenters. The molecule has 1 aliphatic heterocycles. The van der Waals surface area contributed by atoms with Gasteiger partial charge in [-0.3, -0.25) is 4.79 Å². The Labute approximate surface area is 174 Å². The van der Waals surface area contributed by atoms with Crippen molar-refractivity contribution < 1.29 is 13.9 Å². The maximum Gasteiger partial charge on any atom is 0.252 e. The van der Waals surface area contributed by atoms with Crippen LogP contribution in [0.3, 0.4) is 0 Å². The second-order valence-electron chi connectivity index (χ2n) is 7.60. The first-order valence-corrected chi connectivity index (χ1v) is 10.2. The second kappa shape index (κ2) is 8.81. The number of primary amides is 1. The van der Waals surface area contributed by atoms with Gasteiger partial charge in [0.05, 0.1) is 18.8 Å². The van der Waals surface area contributed by atoms with Crippen molar-refractivity contribution >= 4 is 28.7 Å². The molecule has 1 aliphatic carbocycles. The molecule has 158 valence electrons. The minimum Gasteiger partial charge on any atom is -0.378 e. The number of pyridine rings is 1. The third kappa shape index (κ3) is 4.44. The lowest BCUT2D eigenvalue weighted by Gasteiger charge is -2.29. The Morgan fingerprint density at radius 1 is 1.23 bits per heavy atom. The zero-order valence-corrected chi connectivity index (χ0v) is 16.7. The van der Waals surface area contributed by atoms with Crippen LogP contribution in [0.1, 0.15) is 35.3 Å². The molecule has 0 bridgehead atoms. The third-order valence-corrected chi connectivity index (χ3v) is 5.45. The first-order valence-electron chi connectivity index (χ1n) is 10.2. The molecular formula is C22H26FN5O2. The molecule has 2 aromatic rings. The summed E-state index contributed by atoms with van der Waals surface area (Å²) in [5, 5.41) is 3.12. The van der Waals surface area contributed by atoms with E-state index >= 15 is 0 Å². The van der Waals surface area contributed by atoms with Gasteiger partial charge in [-0.2, -0.15) is 0 Å². The molecule has 5 N–H and O–H groups in total. The number of carbonyl (C=O) groups is 1. The average molecular weight is 411 g/mol. The Kier molecular flexibility index (Phi) is 5.96. The van der Waals surface area contributed by atoms with Gasteiger partial charge in [-0.1, -0.05) is 6.08 Å². The van der Waals surface area contributed by atoms with E-state index in [-0.39, 0.29) is 23.1 Å². The molecule has 2 aliphatic rings. The third-order valence-electron chi connectivity index (χ3n) is 5.45. The molecule has 1 atom stereocenters. The van der Waals surface area contributed by atoms with Crippen molar-refractivity contribution in [2.75, 3.05) is 36.5 Å². The lowest BCUT2D eigenvalue weighted by molar-refractivity contribution is 0.100. The highest BCUT2D eigenvalue weighted by Crippen LogP contribution is 2.30. The van der Waals surface area contributed by atoms with Crippen molar-refractivity contribution in [1.29, 1.82) is 0 Å². The number of halogens is 1. The molecule has 0 spiro atoms. The topological polar surface area (TPSA) is 106 Å². The molecule has 30 heavy (non-hydrogen) atoms. The summed E-state index contributed by atoms with van der Waals surface area (Å²) in [5.41, 5.74) is 14.3. The zero-order chi connectivity index (χ0) is 21.1. The molecule has 1 saturated heterocycles. The summed E-state index contributed by atoms with van der Waals surface area (Å²) in [5.74, 6) is -1.08. The number of hydrogen-bond acceptors (Lipinski definition) is 6. The van der Waals surface area contributed by atoms with Gasteiger partial charge in [0.25, 0.3) is 5.91 Å². The van der Waals surface area contributed by atoms with Crippen molar-refractivity contribution in [2.24, 2.45) is 11.5 Å². The summed E-state index contributed by atoms with van der Waals surface area (Å²) >= 11 is 0. The van der Waals surface area contributed by atoms with Gasteiger partial charge in [0, 0.05) is 30.5 Å². The van der Waals surface area contributed by atoms with E-state index in [9.17, 15) is 9.18 Å². The standard InChI is InChI=1S/C22H26FN5O2/c23-19-13-18(21(25)29)22(27-20(19)14-2-1-3-15(24)12-14)26-16-4-6-17(7-5-16)28-8-10-30-11-9-28/h4-7,12-13,15H,1-3,8-11,24H2,(H2,25,29)(H,26,27). The molecule has 2 heterocycles. The van der Waals surface area contributed by atoms with Crippen molar-refractivity contribution in [2.45, 2.75) is 25.3 Å². The molecule has 1 aromatic heterocycles. The van der Waals surface area contributed by atoms with Gasteiger partial charge < -0.3 is 26.4 Å². The smallest absolute Gasteiger partial charge is 0.252 e. The van der Waals surface area contributed by atoms with Crippen LogP contribution in [0.4, 0.5) is 21.6 Å². The number of aromatic nitrogens is 1. The number of rotatable bonds is 5. The maximum atomic E-state index is 14.7. The Morgan fingerprint density at radius 2 is 1.97 bits per heavy atom. The van der Waals surface area contributed by atoms with Gasteiger partial charge in [-0.15, -0.1) is 0 Å². The van der Waals surface area contributed by atoms with E-state index in [1.165, 1.54) is 0 Å². The maximum absolute atomic E-state index is 14.7. The summed E-state index contributed by atoms with van der Waals surface area (Å²) in [6.07, 6.45) is 4.28. The number of anilines is 3. The number of amides is 1. The fraction of sp³-hybridized carbons (Fsp3) is 0.364. The van der Waals surface area contributed by atoms with E-state index in [2.05, 4.69) is 15.2 Å². The number of allylic oxidation sites excluding steroid dienone is 1. The number of nitrogens with one attached hydrogen (secondary N) is 1. The monoisotopic (exact) mass is 411 g/mol. The van der Waals surface area contributed by atoms with Gasteiger partial charge in [0.2, 0.25) is 0 Å². The summed E-state index contributed by atoms with van der Waals surface area (Å²) in [7, 11) is 0. The first kappa shape index (κ1) is 20.3. The largest absolute Gasteiger partial charge is 0.378 e. The molecule has 1 amide bonds. The number of nitrogens with two attached hydrogens (primary N) is 2. The SMILES string of the molecule is NC(=O)c1cc(F)c(C2=CC(N)CCC2)nc1Nc1ccc(N2CCOCC2)cc1. The Balaban J connectivity index is 1.62. The van der Waals surface area contributed by atoms with Crippen molar-refractivity contribution in [3.05, 3.63) is 53.5 Å². The van der Waals surface area contributed by atoms with Crippen LogP contribution >= 0.6 is 0 Å². The molecule has 1 aromatic carbocycles. The van der Waals surface area contributed by atoms with Gasteiger partial charge >= 0.3 is 0 Å². The van der Waals surface area contributed by atoms with E-state index < -0.39 is 11.7 Å². The summed E-state index contributed by atoms with van der Waals surface area (Å²) in [4.78, 5) is 18.6. The number of nitrogens with zero attached hydrogens (tertiary/aromatic N) is 2. The van der Waals surface area contributed by atoms with E-state index in [0.29, 0.717) is 19.6 Å². The Bertz CT molecular complexity index is 955. The van der Waals surface area contributed by atoms with Crippen LogP contribution in [0.15, 0.2) is 36.4 Å². The molecule has 7 nitrogen and oxygen atoms in total. The van der Waals surface area contributed by atoms with Gasteiger partial charge in [-0.25, -0.2) is 9.37 Å². The zero-order valence-electron chi connectivity index (χ0n) is 16.7. The lowest BCUT2D eigenvalue weighted by Crippen LogP contribution is -2.36. The van der Waals surface area contributed by atoms with Crippen molar-refractivity contribution in [3.63, 3.8) is 0 Å². The second-order valence-corrected chi connectivity index (χ2v) is 7.60. The van der Waals surface area contributed by atoms with Gasteiger partial charge in [-0.05, 0) is 55.2 Å². The predicted molar refractivity (Wildman–Crippen MR) is 115 cm³/mol. The number of carbonyl (C=O) groups excluding carboxylic acids is 1. The van der Waals surface area contributed by atoms with E-state index in [0.717, 1.165) is 48.9 Å². The van der Waals surface area contributed by atoms with E-state index in [1.54, 1.807) is 0 Å². The summed E-state index contributed by atoms with van der Waals surface area (Å²) in [6, 6.07) is 8.81. The quantitative estimate of drug-likeness (QED) is 0.699. The normalized spacial score (nSPS) is 19.3. The number of ether oxygens (including phenoxy) is 1. The lowest BCUT2D eigenvalue weighted by atomic mass is 9.93. The fourth-order valence-corrected chi connectivity index (χ4v) is 3.86. The van der Waals surface area contributed by atoms with Crippen LogP contribution in [0, 0.1) is 5.82 Å². The van der Waals surface area contributed by atoms with Crippen molar-refractivity contribution in [3.8, 4) is 0 Å². The van der Waals surface area contributed by atoms with E-state index in [1.807, 2.05) is 30.3 Å². The Hall–Kier alpha value is -2.97. The molecule has 8 heteroatoms. The average Bonchev–Trinajstić information content (AvgIpc) is 2.75. The predicted octanol–water partition coefficient (Wildman–Crippen LogP) is 2.79. The number of morpholine rings is 1. The molecular weight excluding hydrogens is 385 g/mol. The fourth-order valence-electron chi connectivity index (χ4n) is 3.86. The van der Waals surface area contributed by atoms with Gasteiger partial charge in [0.15, 0.2) is 0 Å². The molecule has 0 radical (unpaired) electrons. The molecule has 4 rings (SSSR count). The summed E-state index contributed by atoms with van der Waals surface area (Å²) in [6.45, 7) is 3.12. The van der Waals surface area contributed by atoms with Crippen LogP contribution in [-0.4, -0.2) is 43.2 Å². The Morgan fingerprint density at radius 3 is 2.63 bits per heavy atom. The van der Waals surface area contributed by atoms with Crippen molar-refractivity contribution in [1.82, 2.24) is 4.98 Å². The first-order chi connectivity index (χ1) is 14.5. The summed E-state index contributed by atoms with van der Waals surface area (Å²) < 4.78 is 20.1. The molecule has 1 fully saturated rings. The van der Waals surface area contributed by atoms with Crippen LogP contribution in [0.5, 0.6) is 0 Å². The van der Waals surface area contributed by atoms with Crippen LogP contribution < -0.4 is 21.7 Å². The minimum absolute atomic E-state index is 0.00853. The van der Waals surface area contributed by atoms with Crippen LogP contribution in [-0.2, 0) is 4.74 Å². The highest BCUT2D eigenvalue weighted by Gasteiger charge is 2.21. The van der Waals surface area contributed by atoms with E-state index in [4.69, 9.17) is 16.2 Å². The van der Waals surface area contributed by atoms with Gasteiger partial charge in [0.1, 0.15) is 17.3 Å². The minimum atomic E-state index is -0.741. The number of benzene rings is 1.